The maximum Gasteiger partial charge on any atom is 0.282 e. The number of nitrogens with one attached hydrogen (secondary N) is 1. The molecular weight excluding hydrogens is 493 g/mol. The van der Waals surface area contributed by atoms with Gasteiger partial charge in [-0.05, 0) is 80.3 Å². The monoisotopic (exact) mass is 533 g/mol. The van der Waals surface area contributed by atoms with Gasteiger partial charge < -0.3 is 14.8 Å². The molecule has 2 aromatic carbocycles. The molecule has 37 heavy (non-hydrogen) atoms. The quantitative estimate of drug-likeness (QED) is 0.493. The Bertz CT molecular complexity index is 1120. The van der Waals surface area contributed by atoms with Gasteiger partial charge in [-0.1, -0.05) is 24.3 Å². The summed E-state index contributed by atoms with van der Waals surface area (Å²) in [5, 5.41) is 3.57. The number of hydrogen-bond acceptors (Lipinski definition) is 5. The van der Waals surface area contributed by atoms with Crippen molar-refractivity contribution in [1.82, 2.24) is 13.9 Å². The maximum absolute atomic E-state index is 13.6. The Morgan fingerprint density at radius 1 is 1.05 bits per heavy atom. The predicted octanol–water partition coefficient (Wildman–Crippen LogP) is 4.30. The van der Waals surface area contributed by atoms with Gasteiger partial charge in [-0.3, -0.25) is 0 Å². The Morgan fingerprint density at radius 3 is 2.38 bits per heavy atom. The molecule has 2 fully saturated rings. The minimum absolute atomic E-state index is 0.107. The van der Waals surface area contributed by atoms with Crippen molar-refractivity contribution < 1.29 is 22.3 Å². The molecule has 4 rings (SSSR count). The molecule has 2 aliphatic rings. The molecule has 3 atom stereocenters. The maximum atomic E-state index is 13.6. The summed E-state index contributed by atoms with van der Waals surface area (Å²) in [6, 6.07) is 14.3. The lowest BCUT2D eigenvalue weighted by atomic mass is 9.82. The molecule has 0 radical (unpaired) electrons. The molecule has 7 nitrogen and oxygen atoms in total. The zero-order valence-corrected chi connectivity index (χ0v) is 23.1. The summed E-state index contributed by atoms with van der Waals surface area (Å²) in [5.41, 5.74) is 1.97. The second-order valence-electron chi connectivity index (χ2n) is 10.5. The van der Waals surface area contributed by atoms with Crippen molar-refractivity contribution in [2.75, 3.05) is 27.8 Å². The summed E-state index contributed by atoms with van der Waals surface area (Å²) in [5.74, 6) is 0.911. The van der Waals surface area contributed by atoms with Crippen LogP contribution in [0.5, 0.6) is 5.75 Å². The summed E-state index contributed by atoms with van der Waals surface area (Å²) in [4.78, 5) is 0. The Hall–Kier alpha value is -2.04. The molecule has 9 heteroatoms. The lowest BCUT2D eigenvalue weighted by Gasteiger charge is -2.35. The summed E-state index contributed by atoms with van der Waals surface area (Å²) < 4.78 is 55.0. The molecule has 0 spiro atoms. The van der Waals surface area contributed by atoms with Crippen LogP contribution in [0.2, 0.25) is 0 Å². The number of nitrogens with zero attached hydrogens (tertiary/aromatic N) is 2. The van der Waals surface area contributed by atoms with Gasteiger partial charge in [0.1, 0.15) is 11.6 Å². The molecule has 0 unspecified atom stereocenters. The summed E-state index contributed by atoms with van der Waals surface area (Å²) in [7, 11) is 1.09. The van der Waals surface area contributed by atoms with Crippen LogP contribution < -0.4 is 10.1 Å². The number of benzene rings is 2. The Balaban J connectivity index is 1.41. The molecule has 1 heterocycles. The van der Waals surface area contributed by atoms with E-state index >= 15 is 0 Å². The van der Waals surface area contributed by atoms with Gasteiger partial charge in [-0.2, -0.15) is 17.0 Å². The van der Waals surface area contributed by atoms with Crippen molar-refractivity contribution in [3.8, 4) is 5.75 Å². The lowest BCUT2D eigenvalue weighted by molar-refractivity contribution is 0.00750. The fourth-order valence-corrected chi connectivity index (χ4v) is 6.91. The van der Waals surface area contributed by atoms with E-state index in [2.05, 4.69) is 12.2 Å². The van der Waals surface area contributed by atoms with Gasteiger partial charge in [0.15, 0.2) is 0 Å². The van der Waals surface area contributed by atoms with Crippen molar-refractivity contribution in [2.24, 2.45) is 0 Å². The van der Waals surface area contributed by atoms with Crippen LogP contribution in [0.25, 0.3) is 0 Å². The molecule has 1 saturated heterocycles. The second kappa shape index (κ2) is 12.2. The van der Waals surface area contributed by atoms with Gasteiger partial charge in [0.25, 0.3) is 10.2 Å². The average molecular weight is 534 g/mol. The predicted molar refractivity (Wildman–Crippen MR) is 143 cm³/mol. The standard InChI is InChI=1S/C28H40FN3O4S/c1-20-16-28(32(37(33,34)31(2)3)18-21-8-12-25(35-4)13-9-21)27(30-20)19-36-26-14-10-22(11-15-26)23-6-5-7-24(29)17-23/h5-9,12-13,17,20,22,26-28,30H,10-11,14-16,18-19H2,1-4H3/t20-,22?,26?,27+,28+/m1/s1. The number of rotatable bonds is 10. The minimum Gasteiger partial charge on any atom is -0.497 e. The number of methoxy groups -OCH3 is 1. The Labute approximate surface area is 221 Å². The van der Waals surface area contributed by atoms with E-state index in [-0.39, 0.29) is 36.6 Å². The Morgan fingerprint density at radius 2 is 1.76 bits per heavy atom. The first kappa shape index (κ1) is 28.0. The van der Waals surface area contributed by atoms with Crippen molar-refractivity contribution in [2.45, 2.75) is 75.7 Å². The summed E-state index contributed by atoms with van der Waals surface area (Å²) >= 11 is 0. The van der Waals surface area contributed by atoms with Gasteiger partial charge in [0.05, 0.1) is 19.8 Å². The molecule has 2 aromatic rings. The molecule has 204 valence electrons. The highest BCUT2D eigenvalue weighted by Gasteiger charge is 2.42. The smallest absolute Gasteiger partial charge is 0.282 e. The van der Waals surface area contributed by atoms with E-state index < -0.39 is 10.2 Å². The van der Waals surface area contributed by atoms with Crippen LogP contribution in [-0.2, 0) is 21.5 Å². The van der Waals surface area contributed by atoms with E-state index in [1.807, 2.05) is 30.3 Å². The highest BCUT2D eigenvalue weighted by atomic mass is 32.2. The van der Waals surface area contributed by atoms with Crippen molar-refractivity contribution in [3.63, 3.8) is 0 Å². The van der Waals surface area contributed by atoms with Gasteiger partial charge in [0, 0.05) is 38.8 Å². The van der Waals surface area contributed by atoms with Crippen LogP contribution in [0, 0.1) is 5.82 Å². The summed E-state index contributed by atoms with van der Waals surface area (Å²) in [6.45, 7) is 2.82. The van der Waals surface area contributed by atoms with Crippen molar-refractivity contribution in [3.05, 3.63) is 65.5 Å². The van der Waals surface area contributed by atoms with Crippen molar-refractivity contribution in [1.29, 1.82) is 0 Å². The summed E-state index contributed by atoms with van der Waals surface area (Å²) in [6.07, 6.45) is 4.60. The molecule has 1 aliphatic heterocycles. The van der Waals surface area contributed by atoms with Crippen LogP contribution in [0.1, 0.15) is 56.1 Å². The topological polar surface area (TPSA) is 71.1 Å². The van der Waals surface area contributed by atoms with Gasteiger partial charge in [-0.15, -0.1) is 0 Å². The molecule has 0 amide bonds. The molecule has 0 bridgehead atoms. The van der Waals surface area contributed by atoms with E-state index in [0.29, 0.717) is 18.9 Å². The first-order valence-electron chi connectivity index (χ1n) is 13.1. The third-order valence-corrected chi connectivity index (χ3v) is 9.60. The largest absolute Gasteiger partial charge is 0.497 e. The van der Waals surface area contributed by atoms with Gasteiger partial charge in [0.2, 0.25) is 0 Å². The van der Waals surface area contributed by atoms with Gasteiger partial charge in [-0.25, -0.2) is 4.39 Å². The average Bonchev–Trinajstić information content (AvgIpc) is 3.26. The first-order valence-corrected chi connectivity index (χ1v) is 14.5. The molecule has 0 aromatic heterocycles. The number of halogens is 1. The molecular formula is C28H40FN3O4S. The van der Waals surface area contributed by atoms with E-state index in [0.717, 1.165) is 42.6 Å². The van der Waals surface area contributed by atoms with Crippen LogP contribution in [0.4, 0.5) is 4.39 Å². The highest BCUT2D eigenvalue weighted by Crippen LogP contribution is 2.35. The van der Waals surface area contributed by atoms with Crippen molar-refractivity contribution >= 4 is 10.2 Å². The minimum atomic E-state index is -3.67. The van der Waals surface area contributed by atoms with Crippen LogP contribution in [0.3, 0.4) is 0 Å². The third kappa shape index (κ3) is 6.89. The molecule has 1 aliphatic carbocycles. The zero-order valence-electron chi connectivity index (χ0n) is 22.3. The number of hydrogen-bond donors (Lipinski definition) is 1. The Kier molecular flexibility index (Phi) is 9.24. The SMILES string of the molecule is COc1ccc(CN([C@H]2C[C@@H](C)N[C@H]2COC2CCC(c3cccc(F)c3)CC2)S(=O)(=O)N(C)C)cc1. The fourth-order valence-electron chi connectivity index (χ4n) is 5.60. The van der Waals surface area contributed by atoms with E-state index in [1.165, 1.54) is 10.4 Å². The fraction of sp³-hybridized carbons (Fsp3) is 0.571. The highest BCUT2D eigenvalue weighted by molar-refractivity contribution is 7.86. The van der Waals surface area contributed by atoms with E-state index in [1.54, 1.807) is 37.6 Å². The molecule has 1 saturated carbocycles. The normalized spacial score (nSPS) is 26.6. The van der Waals surface area contributed by atoms with E-state index in [4.69, 9.17) is 9.47 Å². The molecule has 1 N–H and O–H groups in total. The lowest BCUT2D eigenvalue weighted by Crippen LogP contribution is -2.52. The second-order valence-corrected chi connectivity index (χ2v) is 12.6. The van der Waals surface area contributed by atoms with Crippen LogP contribution in [-0.4, -0.2) is 69.1 Å². The van der Waals surface area contributed by atoms with Crippen LogP contribution in [0.15, 0.2) is 48.5 Å². The van der Waals surface area contributed by atoms with E-state index in [9.17, 15) is 12.8 Å². The number of ether oxygens (including phenoxy) is 2. The third-order valence-electron chi connectivity index (χ3n) is 7.69. The van der Waals surface area contributed by atoms with Crippen LogP contribution >= 0.6 is 0 Å². The van der Waals surface area contributed by atoms with Gasteiger partial charge >= 0.3 is 0 Å². The first-order chi connectivity index (χ1) is 17.7. The zero-order chi connectivity index (χ0) is 26.6.